The van der Waals surface area contributed by atoms with Gasteiger partial charge in [0.25, 0.3) is 0 Å². The van der Waals surface area contributed by atoms with Crippen LogP contribution in [0.4, 0.5) is 0 Å². The summed E-state index contributed by atoms with van der Waals surface area (Å²) in [5.41, 5.74) is 0. The fourth-order valence-corrected chi connectivity index (χ4v) is 4.84. The van der Waals surface area contributed by atoms with Gasteiger partial charge in [-0.1, -0.05) is 128 Å². The molecule has 6 nitrogen and oxygen atoms in total. The molecule has 0 aliphatic carbocycles. The van der Waals surface area contributed by atoms with Crippen LogP contribution in [-0.4, -0.2) is 57.3 Å². The highest BCUT2D eigenvalue weighted by Crippen LogP contribution is 2.15. The Morgan fingerprint density at radius 2 is 1.15 bits per heavy atom. The van der Waals surface area contributed by atoms with E-state index < -0.39 is 36.9 Å². The maximum atomic E-state index is 12.3. The molecule has 1 amide bonds. The third kappa shape index (κ3) is 23.2. The van der Waals surface area contributed by atoms with E-state index in [1.165, 1.54) is 77.0 Å². The summed E-state index contributed by atoms with van der Waals surface area (Å²) in [5, 5.41) is 43.0. The average molecular weight is 554 g/mol. The van der Waals surface area contributed by atoms with Crippen molar-refractivity contribution in [2.24, 2.45) is 0 Å². The van der Waals surface area contributed by atoms with Gasteiger partial charge in [0, 0.05) is 0 Å². The predicted octanol–water partition coefficient (Wildman–Crippen LogP) is 6.89. The zero-order chi connectivity index (χ0) is 29.0. The van der Waals surface area contributed by atoms with Crippen LogP contribution in [0.15, 0.2) is 24.3 Å². The third-order valence-electron chi connectivity index (χ3n) is 7.49. The van der Waals surface area contributed by atoms with Crippen LogP contribution < -0.4 is 5.32 Å². The van der Waals surface area contributed by atoms with Gasteiger partial charge in [0.1, 0.15) is 12.2 Å². The van der Waals surface area contributed by atoms with E-state index in [1.807, 2.05) is 13.0 Å². The van der Waals surface area contributed by atoms with Crippen molar-refractivity contribution in [1.82, 2.24) is 5.32 Å². The molecular formula is C33H63NO5. The van der Waals surface area contributed by atoms with Crippen LogP contribution in [0, 0.1) is 0 Å². The maximum absolute atomic E-state index is 12.3. The lowest BCUT2D eigenvalue weighted by Crippen LogP contribution is -2.53. The molecule has 230 valence electrons. The van der Waals surface area contributed by atoms with Gasteiger partial charge in [0.2, 0.25) is 5.91 Å². The lowest BCUT2D eigenvalue weighted by atomic mass is 10.00. The van der Waals surface area contributed by atoms with E-state index in [1.54, 1.807) is 0 Å². The Bertz CT molecular complexity index is 595. The summed E-state index contributed by atoms with van der Waals surface area (Å²) in [6.45, 7) is 3.76. The molecule has 39 heavy (non-hydrogen) atoms. The predicted molar refractivity (Wildman–Crippen MR) is 164 cm³/mol. The minimum atomic E-state index is -1.28. The molecule has 0 aromatic carbocycles. The molecule has 0 spiro atoms. The zero-order valence-corrected chi connectivity index (χ0v) is 25.4. The monoisotopic (exact) mass is 553 g/mol. The van der Waals surface area contributed by atoms with Gasteiger partial charge in [-0.05, 0) is 45.4 Å². The summed E-state index contributed by atoms with van der Waals surface area (Å²) >= 11 is 0. The second-order valence-electron chi connectivity index (χ2n) is 11.2. The smallest absolute Gasteiger partial charge is 0.249 e. The Hall–Kier alpha value is -1.21. The van der Waals surface area contributed by atoms with Gasteiger partial charge in [-0.2, -0.15) is 0 Å². The largest absolute Gasteiger partial charge is 0.394 e. The van der Waals surface area contributed by atoms with Gasteiger partial charge in [-0.25, -0.2) is 0 Å². The number of allylic oxidation sites excluding steroid dienone is 4. The molecule has 0 heterocycles. The quantitative estimate of drug-likeness (QED) is 0.0535. The topological polar surface area (TPSA) is 110 Å². The second kappa shape index (κ2) is 28.3. The van der Waals surface area contributed by atoms with Crippen LogP contribution in [0.1, 0.15) is 149 Å². The molecule has 0 aliphatic rings. The highest BCUT2D eigenvalue weighted by atomic mass is 16.3. The first-order chi connectivity index (χ1) is 19.0. The fraction of sp³-hybridized carbons (Fsp3) is 0.848. The number of hydrogen-bond acceptors (Lipinski definition) is 5. The number of hydrogen-bond donors (Lipinski definition) is 5. The summed E-state index contributed by atoms with van der Waals surface area (Å²) in [6.07, 6.45) is 28.0. The van der Waals surface area contributed by atoms with E-state index >= 15 is 0 Å². The standard InChI is InChI=1S/C33H63NO5/c1-3-5-7-9-11-13-14-15-16-17-18-19-21-23-25-27-31(37)33(39)34-29(28-35)32(38)30(36)26-24-22-20-12-10-8-6-4-2/h4,6,12,20,29-32,35-38H,3,5,7-11,13-19,21-28H2,1-2H3,(H,34,39)/b6-4+,20-12+. The highest BCUT2D eigenvalue weighted by Gasteiger charge is 2.28. The number of amides is 1. The Morgan fingerprint density at radius 1 is 0.667 bits per heavy atom. The van der Waals surface area contributed by atoms with Crippen molar-refractivity contribution in [3.8, 4) is 0 Å². The van der Waals surface area contributed by atoms with E-state index in [9.17, 15) is 25.2 Å². The molecule has 0 bridgehead atoms. The lowest BCUT2D eigenvalue weighted by molar-refractivity contribution is -0.132. The number of carbonyl (C=O) groups excluding carboxylic acids is 1. The SMILES string of the molecule is C/C=C/CC/C=C/CCCC(O)C(O)C(CO)NC(=O)C(O)CCCCCCCCCCCCCCCCC. The molecule has 0 fully saturated rings. The lowest BCUT2D eigenvalue weighted by Gasteiger charge is -2.27. The zero-order valence-electron chi connectivity index (χ0n) is 25.4. The van der Waals surface area contributed by atoms with Gasteiger partial charge in [0.05, 0.1) is 18.8 Å². The van der Waals surface area contributed by atoms with E-state index in [2.05, 4.69) is 30.5 Å². The fourth-order valence-electron chi connectivity index (χ4n) is 4.84. The first kappa shape index (κ1) is 37.8. The van der Waals surface area contributed by atoms with Gasteiger partial charge < -0.3 is 25.7 Å². The number of nitrogens with one attached hydrogen (secondary N) is 1. The average Bonchev–Trinajstić information content (AvgIpc) is 2.94. The molecule has 0 radical (unpaired) electrons. The Kier molecular flexibility index (Phi) is 27.4. The van der Waals surface area contributed by atoms with Crippen LogP contribution in [0.2, 0.25) is 0 Å². The third-order valence-corrected chi connectivity index (χ3v) is 7.49. The molecule has 4 unspecified atom stereocenters. The normalized spacial score (nSPS) is 15.1. The molecule has 5 N–H and O–H groups in total. The summed E-state index contributed by atoms with van der Waals surface area (Å²) in [5.74, 6) is -0.602. The van der Waals surface area contributed by atoms with Gasteiger partial charge in [-0.3, -0.25) is 4.79 Å². The van der Waals surface area contributed by atoms with Crippen LogP contribution >= 0.6 is 0 Å². The first-order valence-electron chi connectivity index (χ1n) is 16.2. The van der Waals surface area contributed by atoms with Crippen LogP contribution in [0.25, 0.3) is 0 Å². The number of carbonyl (C=O) groups is 1. The molecule has 0 saturated heterocycles. The van der Waals surface area contributed by atoms with E-state index in [4.69, 9.17) is 0 Å². The molecule has 6 heteroatoms. The summed E-state index contributed by atoms with van der Waals surface area (Å²) in [4.78, 5) is 12.3. The molecule has 0 rings (SSSR count). The van der Waals surface area contributed by atoms with Crippen molar-refractivity contribution in [3.63, 3.8) is 0 Å². The van der Waals surface area contributed by atoms with E-state index in [0.717, 1.165) is 38.5 Å². The number of rotatable bonds is 28. The first-order valence-corrected chi connectivity index (χ1v) is 16.2. The highest BCUT2D eigenvalue weighted by molar-refractivity contribution is 5.80. The van der Waals surface area contributed by atoms with E-state index in [-0.39, 0.29) is 0 Å². The molecule has 0 aliphatic heterocycles. The van der Waals surface area contributed by atoms with Crippen molar-refractivity contribution in [2.75, 3.05) is 6.61 Å². The van der Waals surface area contributed by atoms with Gasteiger partial charge in [-0.15, -0.1) is 0 Å². The summed E-state index contributed by atoms with van der Waals surface area (Å²) in [7, 11) is 0. The summed E-state index contributed by atoms with van der Waals surface area (Å²) < 4.78 is 0. The number of aliphatic hydroxyl groups excluding tert-OH is 4. The maximum Gasteiger partial charge on any atom is 0.249 e. The molecule has 0 aromatic heterocycles. The van der Waals surface area contributed by atoms with Crippen LogP contribution in [0.5, 0.6) is 0 Å². The minimum Gasteiger partial charge on any atom is -0.394 e. The number of aliphatic hydroxyl groups is 4. The Morgan fingerprint density at radius 3 is 1.67 bits per heavy atom. The molecule has 4 atom stereocenters. The Balaban J connectivity index is 3.85. The van der Waals surface area contributed by atoms with Crippen LogP contribution in [-0.2, 0) is 4.79 Å². The van der Waals surface area contributed by atoms with Crippen molar-refractivity contribution < 1.29 is 25.2 Å². The molecule has 0 saturated carbocycles. The van der Waals surface area contributed by atoms with Crippen molar-refractivity contribution in [3.05, 3.63) is 24.3 Å². The summed E-state index contributed by atoms with van der Waals surface area (Å²) in [6, 6.07) is -1.00. The molecular weight excluding hydrogens is 490 g/mol. The van der Waals surface area contributed by atoms with Crippen molar-refractivity contribution in [2.45, 2.75) is 173 Å². The number of unbranched alkanes of at least 4 members (excludes halogenated alkanes) is 16. The van der Waals surface area contributed by atoms with Crippen molar-refractivity contribution in [1.29, 1.82) is 0 Å². The minimum absolute atomic E-state index is 0.362. The van der Waals surface area contributed by atoms with Gasteiger partial charge in [0.15, 0.2) is 0 Å². The van der Waals surface area contributed by atoms with E-state index in [0.29, 0.717) is 19.3 Å². The Labute approximate surface area is 240 Å². The van der Waals surface area contributed by atoms with Gasteiger partial charge >= 0.3 is 0 Å². The molecule has 0 aromatic rings. The van der Waals surface area contributed by atoms with Crippen molar-refractivity contribution >= 4 is 5.91 Å². The second-order valence-corrected chi connectivity index (χ2v) is 11.2. The van der Waals surface area contributed by atoms with Crippen LogP contribution in [0.3, 0.4) is 0 Å².